The molecule has 0 aromatic rings. The lowest BCUT2D eigenvalue weighted by Gasteiger charge is -2.59. The molecule has 6 nitrogen and oxygen atoms in total. The summed E-state index contributed by atoms with van der Waals surface area (Å²) in [4.78, 5) is 23.9. The van der Waals surface area contributed by atoms with Crippen LogP contribution in [0.3, 0.4) is 0 Å². The van der Waals surface area contributed by atoms with Gasteiger partial charge in [0.2, 0.25) is 0 Å². The van der Waals surface area contributed by atoms with E-state index in [-0.39, 0.29) is 29.3 Å². The lowest BCUT2D eigenvalue weighted by Crippen LogP contribution is -2.56. The largest absolute Gasteiger partial charge is 0.399 e. The lowest BCUT2D eigenvalue weighted by atomic mass is 9.45. The molecule has 5 fully saturated rings. The molecule has 7 heteroatoms. The third kappa shape index (κ3) is 3.72. The van der Waals surface area contributed by atoms with Gasteiger partial charge in [-0.15, -0.1) is 12.4 Å². The van der Waals surface area contributed by atoms with Crippen molar-refractivity contribution in [3.05, 3.63) is 0 Å². The van der Waals surface area contributed by atoms with Crippen molar-refractivity contribution in [3.63, 3.8) is 0 Å². The van der Waals surface area contributed by atoms with E-state index in [0.717, 1.165) is 64.5 Å². The summed E-state index contributed by atoms with van der Waals surface area (Å²) in [5, 5.41) is 12.5. The molecule has 5 rings (SSSR count). The second kappa shape index (κ2) is 8.66. The van der Waals surface area contributed by atoms with Gasteiger partial charge in [-0.3, -0.25) is 4.79 Å². The predicted molar refractivity (Wildman–Crippen MR) is 124 cm³/mol. The Kier molecular flexibility index (Phi) is 6.43. The summed E-state index contributed by atoms with van der Waals surface area (Å²) in [5.41, 5.74) is 2.48. The fourth-order valence-corrected chi connectivity index (χ4v) is 7.81. The van der Waals surface area contributed by atoms with Crippen molar-refractivity contribution in [2.45, 2.75) is 77.7 Å². The monoisotopic (exact) mass is 451 g/mol. The molecule has 0 unspecified atom stereocenters. The van der Waals surface area contributed by atoms with Gasteiger partial charge in [-0.05, 0) is 74.7 Å². The van der Waals surface area contributed by atoms with Crippen LogP contribution in [-0.2, 0) is 14.5 Å². The SMILES string of the molecule is CO/N=C1\C[C@@H]2[C@H](CC[C@]3(C)C(=O)CC[C@@H]23)[C@@]2(C)CC/C(=N\O[C@@H]3CCNC3)C[C@H]12.Cl. The van der Waals surface area contributed by atoms with Gasteiger partial charge in [-0.1, -0.05) is 24.2 Å². The van der Waals surface area contributed by atoms with Crippen molar-refractivity contribution in [3.8, 4) is 0 Å². The number of halogens is 1. The van der Waals surface area contributed by atoms with Crippen LogP contribution in [0, 0.1) is 34.5 Å². The van der Waals surface area contributed by atoms with Crippen LogP contribution >= 0.6 is 12.4 Å². The zero-order valence-electron chi connectivity index (χ0n) is 19.2. The molecule has 31 heavy (non-hydrogen) atoms. The van der Waals surface area contributed by atoms with Gasteiger partial charge >= 0.3 is 0 Å². The van der Waals surface area contributed by atoms with Crippen molar-refractivity contribution in [1.29, 1.82) is 0 Å². The summed E-state index contributed by atoms with van der Waals surface area (Å²) < 4.78 is 0. The van der Waals surface area contributed by atoms with Gasteiger partial charge in [0.05, 0.1) is 11.4 Å². The molecule has 0 aromatic carbocycles. The summed E-state index contributed by atoms with van der Waals surface area (Å²) >= 11 is 0. The standard InChI is InChI=1S/C24H37N3O3.ClH/c1-23-9-6-15(26-30-16-8-11-25-14-16)12-20(23)21(27-29-3)13-17-18-4-5-22(28)24(18,2)10-7-19(17)23;/h16-20,25H,4-14H2,1-3H3;1H/b26-15+,27-21+;/t16-,17+,18+,19+,20-,23-,24+;/m1./s1. The maximum atomic E-state index is 12.7. The van der Waals surface area contributed by atoms with E-state index in [1.807, 2.05) is 0 Å². The minimum Gasteiger partial charge on any atom is -0.399 e. The molecule has 4 saturated carbocycles. The van der Waals surface area contributed by atoms with Crippen molar-refractivity contribution < 1.29 is 14.5 Å². The fourth-order valence-electron chi connectivity index (χ4n) is 7.81. The minimum atomic E-state index is -0.104. The summed E-state index contributed by atoms with van der Waals surface area (Å²) in [7, 11) is 1.66. The molecule has 5 aliphatic rings. The molecule has 0 aromatic heterocycles. The number of hydrogen-bond donors (Lipinski definition) is 1. The van der Waals surface area contributed by atoms with Crippen LogP contribution in [0.1, 0.15) is 71.6 Å². The zero-order valence-corrected chi connectivity index (χ0v) is 20.0. The Hall–Kier alpha value is -1.14. The maximum Gasteiger partial charge on any atom is 0.141 e. The Morgan fingerprint density at radius 1 is 1.03 bits per heavy atom. The molecule has 7 atom stereocenters. The molecule has 0 amide bonds. The van der Waals surface area contributed by atoms with Crippen LogP contribution in [0.25, 0.3) is 0 Å². The molecule has 1 heterocycles. The van der Waals surface area contributed by atoms with E-state index < -0.39 is 0 Å². The second-order valence-corrected chi connectivity index (χ2v) is 10.9. The first-order chi connectivity index (χ1) is 14.5. The molecule has 4 aliphatic carbocycles. The Bertz CT molecular complexity index is 765. The number of Topliss-reactive ketones (excluding diaryl/α,β-unsaturated/α-hetero) is 1. The van der Waals surface area contributed by atoms with Crippen molar-refractivity contribution in [2.24, 2.45) is 44.8 Å². The minimum absolute atomic E-state index is 0. The van der Waals surface area contributed by atoms with Crippen LogP contribution < -0.4 is 5.32 Å². The smallest absolute Gasteiger partial charge is 0.141 e. The highest BCUT2D eigenvalue weighted by molar-refractivity contribution is 5.96. The molecule has 1 saturated heterocycles. The predicted octanol–water partition coefficient (Wildman–Crippen LogP) is 4.37. The molecule has 1 N–H and O–H groups in total. The number of nitrogens with zero attached hydrogens (tertiary/aromatic N) is 2. The van der Waals surface area contributed by atoms with E-state index in [4.69, 9.17) is 9.68 Å². The maximum absolute atomic E-state index is 12.7. The summed E-state index contributed by atoms with van der Waals surface area (Å²) in [5.74, 6) is 2.61. The number of rotatable bonds is 3. The van der Waals surface area contributed by atoms with E-state index in [9.17, 15) is 4.79 Å². The van der Waals surface area contributed by atoms with Crippen molar-refractivity contribution >= 4 is 29.6 Å². The van der Waals surface area contributed by atoms with E-state index in [1.54, 1.807) is 7.11 Å². The number of hydrogen-bond acceptors (Lipinski definition) is 6. The first kappa shape index (κ1) is 23.0. The third-order valence-corrected chi connectivity index (χ3v) is 9.58. The highest BCUT2D eigenvalue weighted by Gasteiger charge is 2.61. The van der Waals surface area contributed by atoms with Gasteiger partial charge in [0.25, 0.3) is 0 Å². The van der Waals surface area contributed by atoms with Gasteiger partial charge in [0, 0.05) is 30.7 Å². The lowest BCUT2D eigenvalue weighted by molar-refractivity contribution is -0.133. The van der Waals surface area contributed by atoms with Crippen molar-refractivity contribution in [2.75, 3.05) is 20.2 Å². The van der Waals surface area contributed by atoms with Crippen LogP contribution in [0.4, 0.5) is 0 Å². The van der Waals surface area contributed by atoms with Crippen LogP contribution in [0.15, 0.2) is 10.3 Å². The van der Waals surface area contributed by atoms with Gasteiger partial charge in [-0.25, -0.2) is 0 Å². The summed E-state index contributed by atoms with van der Waals surface area (Å²) in [6.07, 6.45) is 9.38. The second-order valence-electron chi connectivity index (χ2n) is 10.9. The van der Waals surface area contributed by atoms with E-state index in [2.05, 4.69) is 29.5 Å². The quantitative estimate of drug-likeness (QED) is 0.647. The average Bonchev–Trinajstić information content (AvgIpc) is 3.35. The highest BCUT2D eigenvalue weighted by atomic mass is 35.5. The first-order valence-corrected chi connectivity index (χ1v) is 12.0. The molecule has 0 radical (unpaired) electrons. The Balaban J connectivity index is 0.00000231. The number of nitrogens with one attached hydrogen (secondary N) is 1. The fraction of sp³-hybridized carbons (Fsp3) is 0.875. The van der Waals surface area contributed by atoms with Gasteiger partial charge in [0.1, 0.15) is 19.0 Å². The van der Waals surface area contributed by atoms with Gasteiger partial charge in [-0.2, -0.15) is 0 Å². The summed E-state index contributed by atoms with van der Waals surface area (Å²) in [6, 6.07) is 0. The van der Waals surface area contributed by atoms with Crippen LogP contribution in [0.5, 0.6) is 0 Å². The van der Waals surface area contributed by atoms with E-state index >= 15 is 0 Å². The normalized spacial score (nSPS) is 46.8. The Morgan fingerprint density at radius 2 is 1.87 bits per heavy atom. The van der Waals surface area contributed by atoms with Crippen molar-refractivity contribution in [1.82, 2.24) is 5.32 Å². The molecule has 174 valence electrons. The average molecular weight is 452 g/mol. The number of carbonyl (C=O) groups excluding carboxylic acids is 1. The molecule has 0 spiro atoms. The molecule has 1 aliphatic heterocycles. The number of ketones is 1. The molecular formula is C24H38ClN3O3. The van der Waals surface area contributed by atoms with E-state index in [1.165, 1.54) is 17.8 Å². The van der Waals surface area contributed by atoms with Crippen LogP contribution in [-0.4, -0.2) is 43.5 Å². The number of oxime groups is 2. The Morgan fingerprint density at radius 3 is 2.61 bits per heavy atom. The molecule has 0 bridgehead atoms. The third-order valence-electron chi connectivity index (χ3n) is 9.58. The van der Waals surface area contributed by atoms with Crippen LogP contribution in [0.2, 0.25) is 0 Å². The highest BCUT2D eigenvalue weighted by Crippen LogP contribution is 2.64. The zero-order chi connectivity index (χ0) is 20.9. The van der Waals surface area contributed by atoms with Gasteiger partial charge in [0.15, 0.2) is 0 Å². The van der Waals surface area contributed by atoms with E-state index in [0.29, 0.717) is 29.5 Å². The molecular weight excluding hydrogens is 414 g/mol. The topological polar surface area (TPSA) is 72.3 Å². The van der Waals surface area contributed by atoms with Gasteiger partial charge < -0.3 is 15.0 Å². The Labute approximate surface area is 192 Å². The number of fused-ring (bicyclic) bond motifs is 5. The first-order valence-electron chi connectivity index (χ1n) is 12.0. The number of carbonyl (C=O) groups is 1. The summed E-state index contributed by atoms with van der Waals surface area (Å²) in [6.45, 7) is 6.65.